The van der Waals surface area contributed by atoms with Gasteiger partial charge in [-0.25, -0.2) is 8.78 Å². The number of rotatable bonds is 8. The minimum Gasteiger partial charge on any atom is -0.396 e. The summed E-state index contributed by atoms with van der Waals surface area (Å²) in [6, 6.07) is 11.5. The van der Waals surface area contributed by atoms with Crippen molar-refractivity contribution >= 4 is 11.6 Å². The Kier molecular flexibility index (Phi) is 6.82. The maximum Gasteiger partial charge on any atom is 0.233 e. The van der Waals surface area contributed by atoms with E-state index in [9.17, 15) is 23.8 Å². The zero-order chi connectivity index (χ0) is 22.7. The van der Waals surface area contributed by atoms with Crippen LogP contribution >= 0.6 is 0 Å². The SMILES string of the molecule is O=C1[C@H](CC[C@H](O)c2ccc(F)cc2)[C@@H](C2=CC=C(CCO)CC2)N1c1ccc(F)cc1. The van der Waals surface area contributed by atoms with Crippen LogP contribution in [0.4, 0.5) is 14.5 Å². The zero-order valence-corrected chi connectivity index (χ0v) is 17.8. The van der Waals surface area contributed by atoms with Crippen LogP contribution in [0.1, 0.15) is 43.8 Å². The maximum atomic E-state index is 13.4. The van der Waals surface area contributed by atoms with Crippen LogP contribution in [-0.4, -0.2) is 28.8 Å². The molecule has 3 atom stereocenters. The van der Waals surface area contributed by atoms with Crippen molar-refractivity contribution in [2.75, 3.05) is 11.5 Å². The lowest BCUT2D eigenvalue weighted by Crippen LogP contribution is -2.62. The molecule has 32 heavy (non-hydrogen) atoms. The van der Waals surface area contributed by atoms with E-state index in [1.807, 2.05) is 12.2 Å². The Labute approximate surface area is 186 Å². The molecular weight excluding hydrogens is 412 g/mol. The molecule has 4 nitrogen and oxygen atoms in total. The van der Waals surface area contributed by atoms with E-state index < -0.39 is 6.10 Å². The lowest BCUT2D eigenvalue weighted by atomic mass is 9.75. The van der Waals surface area contributed by atoms with Gasteiger partial charge in [-0.3, -0.25) is 4.79 Å². The second-order valence-corrected chi connectivity index (χ2v) is 8.42. The minimum absolute atomic E-state index is 0.0426. The maximum absolute atomic E-state index is 13.4. The Balaban J connectivity index is 1.53. The quantitative estimate of drug-likeness (QED) is 0.579. The fourth-order valence-electron chi connectivity index (χ4n) is 4.63. The van der Waals surface area contributed by atoms with Gasteiger partial charge in [-0.2, -0.15) is 0 Å². The fourth-order valence-corrected chi connectivity index (χ4v) is 4.63. The summed E-state index contributed by atoms with van der Waals surface area (Å²) in [5.74, 6) is -1.04. The number of carbonyl (C=O) groups is 1. The molecule has 0 bridgehead atoms. The van der Waals surface area contributed by atoms with Gasteiger partial charge in [0.15, 0.2) is 0 Å². The molecule has 0 radical (unpaired) electrons. The van der Waals surface area contributed by atoms with Crippen molar-refractivity contribution in [1.82, 2.24) is 0 Å². The largest absolute Gasteiger partial charge is 0.396 e. The Morgan fingerprint density at radius 1 is 0.969 bits per heavy atom. The first kappa shape index (κ1) is 22.4. The number of benzene rings is 2. The molecule has 1 heterocycles. The van der Waals surface area contributed by atoms with Crippen molar-refractivity contribution in [2.45, 2.75) is 44.2 Å². The molecule has 0 spiro atoms. The predicted molar refractivity (Wildman–Crippen MR) is 119 cm³/mol. The van der Waals surface area contributed by atoms with Crippen molar-refractivity contribution in [2.24, 2.45) is 5.92 Å². The summed E-state index contributed by atoms with van der Waals surface area (Å²) in [7, 11) is 0. The third-order valence-electron chi connectivity index (χ3n) is 6.41. The molecule has 2 aromatic rings. The molecular formula is C26H27F2NO3. The first-order valence-electron chi connectivity index (χ1n) is 11.0. The molecule has 1 aliphatic carbocycles. The molecule has 1 fully saturated rings. The average Bonchev–Trinajstić information content (AvgIpc) is 2.80. The number of aliphatic hydroxyl groups is 2. The summed E-state index contributed by atoms with van der Waals surface area (Å²) >= 11 is 0. The first-order valence-corrected chi connectivity index (χ1v) is 11.0. The number of aliphatic hydroxyl groups excluding tert-OH is 2. The number of β-lactam (4-membered cyclic amide) rings is 1. The van der Waals surface area contributed by atoms with Crippen molar-refractivity contribution in [3.8, 4) is 0 Å². The topological polar surface area (TPSA) is 60.8 Å². The van der Waals surface area contributed by atoms with E-state index in [4.69, 9.17) is 0 Å². The van der Waals surface area contributed by atoms with E-state index in [1.165, 1.54) is 29.8 Å². The summed E-state index contributed by atoms with van der Waals surface area (Å²) in [6.45, 7) is 0.114. The lowest BCUT2D eigenvalue weighted by Gasteiger charge is -2.49. The van der Waals surface area contributed by atoms with Crippen LogP contribution in [0.5, 0.6) is 0 Å². The predicted octanol–water partition coefficient (Wildman–Crippen LogP) is 4.84. The Morgan fingerprint density at radius 2 is 1.62 bits per heavy atom. The number of hydrogen-bond donors (Lipinski definition) is 2. The first-order chi connectivity index (χ1) is 15.5. The molecule has 1 amide bonds. The third-order valence-corrected chi connectivity index (χ3v) is 6.41. The van der Waals surface area contributed by atoms with Crippen LogP contribution in [0.3, 0.4) is 0 Å². The van der Waals surface area contributed by atoms with Gasteiger partial charge in [-0.15, -0.1) is 0 Å². The molecule has 0 aromatic heterocycles. The number of allylic oxidation sites excluding steroid dienone is 2. The Morgan fingerprint density at radius 3 is 2.22 bits per heavy atom. The summed E-state index contributed by atoms with van der Waals surface area (Å²) in [5.41, 5.74) is 3.58. The molecule has 2 N–H and O–H groups in total. The van der Waals surface area contributed by atoms with E-state index >= 15 is 0 Å². The number of halogens is 2. The van der Waals surface area contributed by atoms with Crippen LogP contribution in [-0.2, 0) is 4.79 Å². The Hall–Kier alpha value is -2.83. The molecule has 1 saturated heterocycles. The van der Waals surface area contributed by atoms with Crippen LogP contribution in [0.2, 0.25) is 0 Å². The van der Waals surface area contributed by atoms with Gasteiger partial charge in [-0.05, 0) is 79.6 Å². The van der Waals surface area contributed by atoms with E-state index in [2.05, 4.69) is 0 Å². The van der Waals surface area contributed by atoms with Gasteiger partial charge in [-0.1, -0.05) is 29.9 Å². The van der Waals surface area contributed by atoms with Crippen LogP contribution < -0.4 is 4.90 Å². The van der Waals surface area contributed by atoms with E-state index in [0.717, 1.165) is 18.4 Å². The number of anilines is 1. The monoisotopic (exact) mass is 439 g/mol. The zero-order valence-electron chi connectivity index (χ0n) is 17.8. The molecule has 0 unspecified atom stereocenters. The second-order valence-electron chi connectivity index (χ2n) is 8.42. The third kappa shape index (κ3) is 4.66. The highest BCUT2D eigenvalue weighted by atomic mass is 19.1. The molecule has 2 aromatic carbocycles. The van der Waals surface area contributed by atoms with Gasteiger partial charge >= 0.3 is 0 Å². The smallest absolute Gasteiger partial charge is 0.233 e. The van der Waals surface area contributed by atoms with E-state index in [-0.39, 0.29) is 36.1 Å². The summed E-state index contributed by atoms with van der Waals surface area (Å²) in [5, 5.41) is 19.7. The molecule has 2 aliphatic rings. The van der Waals surface area contributed by atoms with Gasteiger partial charge in [0.25, 0.3) is 0 Å². The number of amides is 1. The van der Waals surface area contributed by atoms with Gasteiger partial charge in [0.2, 0.25) is 5.91 Å². The molecule has 6 heteroatoms. The minimum atomic E-state index is -0.777. The van der Waals surface area contributed by atoms with E-state index in [0.29, 0.717) is 30.5 Å². The molecule has 168 valence electrons. The van der Waals surface area contributed by atoms with Crippen LogP contribution in [0.15, 0.2) is 71.8 Å². The van der Waals surface area contributed by atoms with Crippen molar-refractivity contribution in [3.05, 3.63) is 89.0 Å². The van der Waals surface area contributed by atoms with Gasteiger partial charge in [0.05, 0.1) is 18.1 Å². The normalized spacial score (nSPS) is 21.6. The summed E-state index contributed by atoms with van der Waals surface area (Å²) < 4.78 is 26.6. The number of hydrogen-bond acceptors (Lipinski definition) is 3. The second kappa shape index (κ2) is 9.76. The highest BCUT2D eigenvalue weighted by Crippen LogP contribution is 2.42. The standard InChI is InChI=1S/C26H27F2NO3/c27-20-7-5-18(6-8-20)24(31)14-13-23-25(19-3-1-17(2-4-19)15-16-30)29(26(23)32)22-11-9-21(28)10-12-22/h1,3,5-12,23-25,30-31H,2,4,13-16H2/t23-,24+,25-/m1/s1. The highest BCUT2D eigenvalue weighted by Gasteiger charge is 2.49. The van der Waals surface area contributed by atoms with Crippen LogP contribution in [0, 0.1) is 17.6 Å². The highest BCUT2D eigenvalue weighted by molar-refractivity contribution is 6.04. The lowest BCUT2D eigenvalue weighted by molar-refractivity contribution is -0.129. The van der Waals surface area contributed by atoms with Crippen molar-refractivity contribution in [3.63, 3.8) is 0 Å². The molecule has 1 aliphatic heterocycles. The molecule has 4 rings (SSSR count). The fraction of sp³-hybridized carbons (Fsp3) is 0.346. The Bertz CT molecular complexity index is 1010. The summed E-state index contributed by atoms with van der Waals surface area (Å²) in [6.07, 6.45) is 6.41. The van der Waals surface area contributed by atoms with Gasteiger partial charge in [0.1, 0.15) is 11.6 Å². The van der Waals surface area contributed by atoms with Crippen molar-refractivity contribution < 1.29 is 23.8 Å². The van der Waals surface area contributed by atoms with Crippen molar-refractivity contribution in [1.29, 1.82) is 0 Å². The van der Waals surface area contributed by atoms with E-state index in [1.54, 1.807) is 29.2 Å². The van der Waals surface area contributed by atoms with Gasteiger partial charge in [0, 0.05) is 12.3 Å². The van der Waals surface area contributed by atoms with Crippen LogP contribution in [0.25, 0.3) is 0 Å². The average molecular weight is 440 g/mol. The number of nitrogens with zero attached hydrogens (tertiary/aromatic N) is 1. The molecule has 0 saturated carbocycles. The number of carbonyl (C=O) groups excluding carboxylic acids is 1. The van der Waals surface area contributed by atoms with Gasteiger partial charge < -0.3 is 15.1 Å². The summed E-state index contributed by atoms with van der Waals surface area (Å²) in [4.78, 5) is 14.8.